The lowest BCUT2D eigenvalue weighted by molar-refractivity contribution is -0.275. The molecule has 1 aromatic heterocycles. The minimum absolute atomic E-state index is 0.0226. The Labute approximate surface area is 295 Å². The quantitative estimate of drug-likeness (QED) is 0.219. The van der Waals surface area contributed by atoms with Gasteiger partial charge in [-0.1, -0.05) is 29.8 Å². The van der Waals surface area contributed by atoms with Crippen molar-refractivity contribution in [1.29, 1.82) is 0 Å². The number of carbonyl (C=O) groups excluding carboxylic acids is 2. The number of para-hydroxylation sites is 1. The predicted octanol–water partition coefficient (Wildman–Crippen LogP) is 5.00. The highest BCUT2D eigenvalue weighted by Gasteiger charge is 2.59. The second-order valence-corrected chi connectivity index (χ2v) is 13.5. The molecule has 0 bridgehead atoms. The van der Waals surface area contributed by atoms with Gasteiger partial charge in [0.1, 0.15) is 23.0 Å². The molecule has 51 heavy (non-hydrogen) atoms. The van der Waals surface area contributed by atoms with Crippen LogP contribution < -0.4 is 23.4 Å². The van der Waals surface area contributed by atoms with Gasteiger partial charge in [0.15, 0.2) is 5.75 Å². The summed E-state index contributed by atoms with van der Waals surface area (Å²) in [5, 5.41) is 0.0760. The van der Waals surface area contributed by atoms with Crippen LogP contribution in [0.15, 0.2) is 90.1 Å². The van der Waals surface area contributed by atoms with Crippen LogP contribution in [0.2, 0.25) is 5.02 Å². The fourth-order valence-corrected chi connectivity index (χ4v) is 7.86. The number of hydrogen-bond acceptors (Lipinski definition) is 10. The standard InChI is InChI=1S/C34H30ClF3N4O8S/c1-47-24-10-12-30(29(19-24)50-34(36,37)38)51(45,46)42-27-11-9-22(35)18-26(27)33(32(42)44,25-7-3-4-8-28(25)48-2)49-21-31(43)41-16-14-40(15-17-41)23-6-5-13-39-20-23/h3-13,18-20H,14-17,21H2,1-2H3. The van der Waals surface area contributed by atoms with E-state index in [4.69, 9.17) is 25.8 Å². The SMILES string of the molecule is COc1ccc(S(=O)(=O)N2C(=O)C(OCC(=O)N3CCN(c4cccnc4)CC3)(c3ccccc3OC)c3cc(Cl)ccc32)c(OC(F)(F)F)c1. The van der Waals surface area contributed by atoms with E-state index in [9.17, 15) is 31.2 Å². The summed E-state index contributed by atoms with van der Waals surface area (Å²) in [5.41, 5.74) is -1.82. The van der Waals surface area contributed by atoms with E-state index < -0.39 is 51.1 Å². The van der Waals surface area contributed by atoms with E-state index in [0.29, 0.717) is 30.5 Å². The van der Waals surface area contributed by atoms with Gasteiger partial charge in [-0.3, -0.25) is 14.6 Å². The molecule has 0 N–H and O–H groups in total. The van der Waals surface area contributed by atoms with E-state index >= 15 is 0 Å². The average molecular weight is 747 g/mol. The van der Waals surface area contributed by atoms with E-state index in [1.807, 2.05) is 12.1 Å². The van der Waals surface area contributed by atoms with Crippen LogP contribution >= 0.6 is 11.6 Å². The molecule has 3 heterocycles. The molecule has 2 aliphatic rings. The second kappa shape index (κ2) is 13.9. The first kappa shape index (κ1) is 35.8. The van der Waals surface area contributed by atoms with Crippen molar-refractivity contribution in [3.05, 3.63) is 101 Å². The topological polar surface area (TPSA) is 128 Å². The van der Waals surface area contributed by atoms with Crippen LogP contribution in [0, 0.1) is 0 Å². The summed E-state index contributed by atoms with van der Waals surface area (Å²) in [6.45, 7) is 0.914. The molecule has 0 spiro atoms. The lowest BCUT2D eigenvalue weighted by Gasteiger charge is -2.37. The zero-order chi connectivity index (χ0) is 36.6. The third-order valence-corrected chi connectivity index (χ3v) is 10.5. The maximum atomic E-state index is 14.9. The number of pyridine rings is 1. The van der Waals surface area contributed by atoms with Crippen LogP contribution in [0.1, 0.15) is 11.1 Å². The molecule has 17 heteroatoms. The van der Waals surface area contributed by atoms with Crippen molar-refractivity contribution in [1.82, 2.24) is 9.88 Å². The van der Waals surface area contributed by atoms with Crippen molar-refractivity contribution >= 4 is 44.8 Å². The molecule has 1 atom stereocenters. The van der Waals surface area contributed by atoms with Crippen molar-refractivity contribution in [2.24, 2.45) is 0 Å². The molecule has 1 fully saturated rings. The third kappa shape index (κ3) is 6.73. The molecule has 0 aliphatic carbocycles. The minimum Gasteiger partial charge on any atom is -0.497 e. The maximum Gasteiger partial charge on any atom is 0.573 e. The Balaban J connectivity index is 1.42. The van der Waals surface area contributed by atoms with Crippen LogP contribution in [0.5, 0.6) is 17.2 Å². The summed E-state index contributed by atoms with van der Waals surface area (Å²) in [4.78, 5) is 35.3. The first-order chi connectivity index (χ1) is 24.3. The molecule has 268 valence electrons. The second-order valence-electron chi connectivity index (χ2n) is 11.3. The zero-order valence-electron chi connectivity index (χ0n) is 27.1. The van der Waals surface area contributed by atoms with E-state index in [-0.39, 0.29) is 33.3 Å². The smallest absolute Gasteiger partial charge is 0.497 e. The Morgan fingerprint density at radius 2 is 1.67 bits per heavy atom. The Kier molecular flexibility index (Phi) is 9.76. The number of alkyl halides is 3. The molecule has 3 aromatic carbocycles. The zero-order valence-corrected chi connectivity index (χ0v) is 28.7. The predicted molar refractivity (Wildman–Crippen MR) is 179 cm³/mol. The fraction of sp³-hybridized carbons (Fsp3) is 0.265. The molecule has 2 aliphatic heterocycles. The molecule has 4 aromatic rings. The number of piperazine rings is 1. The van der Waals surface area contributed by atoms with Crippen molar-refractivity contribution in [2.45, 2.75) is 16.9 Å². The lowest BCUT2D eigenvalue weighted by atomic mass is 9.86. The van der Waals surface area contributed by atoms with Gasteiger partial charge in [-0.2, -0.15) is 4.31 Å². The Hall–Kier alpha value is -5.06. The highest BCUT2D eigenvalue weighted by Crippen LogP contribution is 2.52. The molecule has 1 unspecified atom stereocenters. The number of carbonyl (C=O) groups is 2. The van der Waals surface area contributed by atoms with Crippen molar-refractivity contribution in [3.63, 3.8) is 0 Å². The minimum atomic E-state index is -5.30. The van der Waals surface area contributed by atoms with E-state index in [0.717, 1.165) is 23.9 Å². The molecule has 2 amide bonds. The Bertz CT molecular complexity index is 2060. The summed E-state index contributed by atoms with van der Waals surface area (Å²) in [6.07, 6.45) is -1.92. The van der Waals surface area contributed by atoms with Gasteiger partial charge >= 0.3 is 6.36 Å². The number of ether oxygens (including phenoxy) is 4. The summed E-state index contributed by atoms with van der Waals surface area (Å²) < 4.78 is 90.7. The van der Waals surface area contributed by atoms with Gasteiger partial charge in [-0.25, -0.2) is 8.42 Å². The number of amides is 2. The molecule has 0 saturated carbocycles. The van der Waals surface area contributed by atoms with Gasteiger partial charge in [0.05, 0.1) is 31.8 Å². The van der Waals surface area contributed by atoms with Crippen molar-refractivity contribution in [3.8, 4) is 17.2 Å². The third-order valence-electron chi connectivity index (χ3n) is 8.48. The number of sulfonamides is 1. The van der Waals surface area contributed by atoms with Crippen molar-refractivity contribution < 1.29 is 50.1 Å². The first-order valence-corrected chi connectivity index (χ1v) is 17.2. The lowest BCUT2D eigenvalue weighted by Crippen LogP contribution is -2.51. The number of hydrogen-bond donors (Lipinski definition) is 0. The maximum absolute atomic E-state index is 14.9. The van der Waals surface area contributed by atoms with Crippen LogP contribution in [0.25, 0.3) is 0 Å². The number of rotatable bonds is 10. The molecule has 6 rings (SSSR count). The largest absolute Gasteiger partial charge is 0.573 e. The highest BCUT2D eigenvalue weighted by atomic mass is 35.5. The van der Waals surface area contributed by atoms with Gasteiger partial charge in [-0.05, 0) is 48.5 Å². The summed E-state index contributed by atoms with van der Waals surface area (Å²) >= 11 is 6.41. The normalized spacial score (nSPS) is 17.7. The average Bonchev–Trinajstić information content (AvgIpc) is 3.37. The van der Waals surface area contributed by atoms with Gasteiger partial charge in [0.25, 0.3) is 15.9 Å². The van der Waals surface area contributed by atoms with Gasteiger partial charge in [0.2, 0.25) is 11.5 Å². The first-order valence-electron chi connectivity index (χ1n) is 15.3. The molecule has 0 radical (unpaired) electrons. The summed E-state index contributed by atoms with van der Waals surface area (Å²) in [7, 11) is -2.70. The van der Waals surface area contributed by atoms with Crippen molar-refractivity contribution in [2.75, 3.05) is 56.2 Å². The van der Waals surface area contributed by atoms with Crippen LogP contribution in [-0.2, 0) is 30.0 Å². The Morgan fingerprint density at radius 3 is 2.33 bits per heavy atom. The number of halogens is 4. The highest BCUT2D eigenvalue weighted by molar-refractivity contribution is 7.93. The number of methoxy groups -OCH3 is 2. The Morgan fingerprint density at radius 1 is 0.922 bits per heavy atom. The summed E-state index contributed by atoms with van der Waals surface area (Å²) in [6, 6.07) is 16.3. The fourth-order valence-electron chi connectivity index (χ4n) is 6.13. The van der Waals surface area contributed by atoms with Gasteiger partial charge in [-0.15, -0.1) is 13.2 Å². The number of fused-ring (bicyclic) bond motifs is 1. The van der Waals surface area contributed by atoms with Gasteiger partial charge < -0.3 is 28.7 Å². The number of nitrogens with zero attached hydrogens (tertiary/aromatic N) is 4. The van der Waals surface area contributed by atoms with E-state index in [1.54, 1.807) is 29.4 Å². The summed E-state index contributed by atoms with van der Waals surface area (Å²) in [5.74, 6) is -2.93. The monoisotopic (exact) mass is 746 g/mol. The van der Waals surface area contributed by atoms with Crippen LogP contribution in [0.3, 0.4) is 0 Å². The van der Waals surface area contributed by atoms with Crippen LogP contribution in [0.4, 0.5) is 24.5 Å². The molecule has 1 saturated heterocycles. The molecule has 12 nitrogen and oxygen atoms in total. The number of aromatic nitrogens is 1. The molecular formula is C34H30ClF3N4O8S. The number of benzene rings is 3. The number of anilines is 2. The van der Waals surface area contributed by atoms with E-state index in [1.165, 1.54) is 44.6 Å². The van der Waals surface area contributed by atoms with Gasteiger partial charge in [0, 0.05) is 54.6 Å². The van der Waals surface area contributed by atoms with Crippen LogP contribution in [-0.4, -0.2) is 83.5 Å². The molecular weight excluding hydrogens is 717 g/mol. The van der Waals surface area contributed by atoms with E-state index in [2.05, 4.69) is 14.6 Å².